The Bertz CT molecular complexity index is 322. The monoisotopic (exact) mass is 223 g/mol. The molecule has 1 aromatic rings. The number of nitrogens with one attached hydrogen (secondary N) is 1. The van der Waals surface area contributed by atoms with Crippen LogP contribution in [0.15, 0.2) is 24.3 Å². The molecule has 0 aliphatic heterocycles. The van der Waals surface area contributed by atoms with Crippen LogP contribution in [0.4, 0.5) is 0 Å². The number of ether oxygens (including phenoxy) is 1. The average Bonchev–Trinajstić information content (AvgIpc) is 2.27. The van der Waals surface area contributed by atoms with E-state index < -0.39 is 5.97 Å². The van der Waals surface area contributed by atoms with Crippen LogP contribution in [0.5, 0.6) is 0 Å². The summed E-state index contributed by atoms with van der Waals surface area (Å²) in [6, 6.07) is 8.06. The highest BCUT2D eigenvalue weighted by Gasteiger charge is 1.97. The van der Waals surface area contributed by atoms with Crippen molar-refractivity contribution in [3.63, 3.8) is 0 Å². The molecule has 0 bridgehead atoms. The number of aliphatic carboxylic acids is 1. The zero-order valence-electron chi connectivity index (χ0n) is 9.40. The molecule has 0 atom stereocenters. The topological polar surface area (TPSA) is 58.6 Å². The molecule has 0 aliphatic rings. The maximum absolute atomic E-state index is 10.3. The summed E-state index contributed by atoms with van der Waals surface area (Å²) in [5.74, 6) is -0.775. The summed E-state index contributed by atoms with van der Waals surface area (Å²) in [6.07, 6.45) is 0.155. The van der Waals surface area contributed by atoms with Crippen LogP contribution in [0, 0.1) is 0 Å². The molecular weight excluding hydrogens is 206 g/mol. The van der Waals surface area contributed by atoms with Crippen LogP contribution >= 0.6 is 0 Å². The van der Waals surface area contributed by atoms with Gasteiger partial charge in [0.25, 0.3) is 0 Å². The third-order valence-corrected chi connectivity index (χ3v) is 2.18. The Hall–Kier alpha value is -1.39. The van der Waals surface area contributed by atoms with Gasteiger partial charge in [0, 0.05) is 20.2 Å². The Labute approximate surface area is 95.2 Å². The van der Waals surface area contributed by atoms with E-state index in [1.54, 1.807) is 7.11 Å². The van der Waals surface area contributed by atoms with Crippen molar-refractivity contribution in [3.05, 3.63) is 35.4 Å². The van der Waals surface area contributed by atoms with Crippen molar-refractivity contribution < 1.29 is 14.6 Å². The summed E-state index contributed by atoms with van der Waals surface area (Å²) in [6.45, 7) is 1.81. The van der Waals surface area contributed by atoms with E-state index in [-0.39, 0.29) is 6.42 Å². The lowest BCUT2D eigenvalue weighted by Gasteiger charge is -2.04. The Morgan fingerprint density at radius 3 is 2.50 bits per heavy atom. The van der Waals surface area contributed by atoms with E-state index in [4.69, 9.17) is 9.84 Å². The predicted molar refractivity (Wildman–Crippen MR) is 61.1 cm³/mol. The number of methoxy groups -OCH3 is 1. The quantitative estimate of drug-likeness (QED) is 0.686. The molecule has 4 heteroatoms. The molecule has 0 radical (unpaired) electrons. The molecule has 88 valence electrons. The second kappa shape index (κ2) is 6.98. The first-order chi connectivity index (χ1) is 7.72. The van der Waals surface area contributed by atoms with Crippen molar-refractivity contribution >= 4 is 5.97 Å². The lowest BCUT2D eigenvalue weighted by molar-refractivity contribution is -0.136. The minimum absolute atomic E-state index is 0.155. The Morgan fingerprint density at radius 1 is 1.31 bits per heavy atom. The molecule has 1 rings (SSSR count). The fourth-order valence-electron chi connectivity index (χ4n) is 1.35. The van der Waals surface area contributed by atoms with Gasteiger partial charge in [-0.1, -0.05) is 24.3 Å². The van der Waals surface area contributed by atoms with Crippen LogP contribution in [0.3, 0.4) is 0 Å². The van der Waals surface area contributed by atoms with Gasteiger partial charge < -0.3 is 15.2 Å². The second-order valence-corrected chi connectivity index (χ2v) is 3.57. The molecule has 0 saturated heterocycles. The molecule has 1 aromatic carbocycles. The fourth-order valence-corrected chi connectivity index (χ4v) is 1.35. The number of carboxylic acids is 1. The predicted octanol–water partition coefficient (Wildman–Crippen LogP) is 1.40. The molecular formula is C12H17NO3. The molecule has 2 N–H and O–H groups in total. The van der Waals surface area contributed by atoms with Gasteiger partial charge in [-0.3, -0.25) is 4.79 Å². The van der Waals surface area contributed by atoms with E-state index in [0.29, 0.717) is 19.7 Å². The fraction of sp³-hybridized carbons (Fsp3) is 0.417. The van der Waals surface area contributed by atoms with Crippen LogP contribution in [0.1, 0.15) is 17.5 Å². The highest BCUT2D eigenvalue weighted by atomic mass is 16.5. The normalized spacial score (nSPS) is 10.3. The van der Waals surface area contributed by atoms with Crippen molar-refractivity contribution in [2.45, 2.75) is 19.6 Å². The maximum Gasteiger partial charge on any atom is 0.304 e. The van der Waals surface area contributed by atoms with Gasteiger partial charge in [0.1, 0.15) is 0 Å². The highest BCUT2D eigenvalue weighted by Crippen LogP contribution is 2.05. The first-order valence-electron chi connectivity index (χ1n) is 5.21. The lowest BCUT2D eigenvalue weighted by Crippen LogP contribution is -2.17. The number of rotatable bonds is 7. The Kier molecular flexibility index (Phi) is 5.53. The van der Waals surface area contributed by atoms with E-state index >= 15 is 0 Å². The van der Waals surface area contributed by atoms with Gasteiger partial charge in [-0.25, -0.2) is 0 Å². The zero-order valence-corrected chi connectivity index (χ0v) is 9.40. The van der Waals surface area contributed by atoms with Crippen LogP contribution in [-0.2, 0) is 22.7 Å². The van der Waals surface area contributed by atoms with E-state index in [2.05, 4.69) is 5.32 Å². The maximum atomic E-state index is 10.3. The van der Waals surface area contributed by atoms with Crippen molar-refractivity contribution in [3.8, 4) is 0 Å². The first kappa shape index (κ1) is 12.7. The molecule has 0 heterocycles. The number of benzene rings is 1. The van der Waals surface area contributed by atoms with Gasteiger partial charge in [0.2, 0.25) is 0 Å². The molecule has 0 saturated carbocycles. The standard InChI is InChI=1S/C12H17NO3/c1-16-9-11-4-2-10(3-5-11)8-13-7-6-12(14)15/h2-5,13H,6-9H2,1H3,(H,14,15). The van der Waals surface area contributed by atoms with Crippen molar-refractivity contribution in [1.82, 2.24) is 5.32 Å². The largest absolute Gasteiger partial charge is 0.481 e. The third-order valence-electron chi connectivity index (χ3n) is 2.18. The van der Waals surface area contributed by atoms with Gasteiger partial charge in [0.05, 0.1) is 13.0 Å². The molecule has 0 aromatic heterocycles. The van der Waals surface area contributed by atoms with Crippen LogP contribution in [0.25, 0.3) is 0 Å². The smallest absolute Gasteiger partial charge is 0.304 e. The second-order valence-electron chi connectivity index (χ2n) is 3.57. The summed E-state index contributed by atoms with van der Waals surface area (Å²) in [5, 5.41) is 11.5. The SMILES string of the molecule is COCc1ccc(CNCCC(=O)O)cc1. The van der Waals surface area contributed by atoms with Crippen molar-refractivity contribution in [2.24, 2.45) is 0 Å². The molecule has 0 aliphatic carbocycles. The Morgan fingerprint density at radius 2 is 1.94 bits per heavy atom. The van der Waals surface area contributed by atoms with Crippen molar-refractivity contribution in [1.29, 1.82) is 0 Å². The number of hydrogen-bond donors (Lipinski definition) is 2. The zero-order chi connectivity index (χ0) is 11.8. The third kappa shape index (κ3) is 4.91. The Balaban J connectivity index is 2.29. The summed E-state index contributed by atoms with van der Waals surface area (Å²) < 4.78 is 5.01. The van der Waals surface area contributed by atoms with E-state index in [1.807, 2.05) is 24.3 Å². The van der Waals surface area contributed by atoms with E-state index in [1.165, 1.54) is 0 Å². The van der Waals surface area contributed by atoms with Gasteiger partial charge in [-0.05, 0) is 11.1 Å². The van der Waals surface area contributed by atoms with Gasteiger partial charge >= 0.3 is 5.97 Å². The molecule has 4 nitrogen and oxygen atoms in total. The molecule has 0 spiro atoms. The average molecular weight is 223 g/mol. The van der Waals surface area contributed by atoms with E-state index in [9.17, 15) is 4.79 Å². The summed E-state index contributed by atoms with van der Waals surface area (Å²) in [4.78, 5) is 10.3. The number of carbonyl (C=O) groups is 1. The minimum Gasteiger partial charge on any atom is -0.481 e. The van der Waals surface area contributed by atoms with E-state index in [0.717, 1.165) is 11.1 Å². The highest BCUT2D eigenvalue weighted by molar-refractivity contribution is 5.66. The van der Waals surface area contributed by atoms with Crippen LogP contribution in [-0.4, -0.2) is 24.7 Å². The number of hydrogen-bond acceptors (Lipinski definition) is 3. The number of carboxylic acid groups (broad SMARTS) is 1. The first-order valence-corrected chi connectivity index (χ1v) is 5.21. The lowest BCUT2D eigenvalue weighted by atomic mass is 10.1. The minimum atomic E-state index is -0.775. The summed E-state index contributed by atoms with van der Waals surface area (Å²) >= 11 is 0. The van der Waals surface area contributed by atoms with Gasteiger partial charge in [-0.2, -0.15) is 0 Å². The molecule has 0 fully saturated rings. The van der Waals surface area contributed by atoms with Gasteiger partial charge in [0.15, 0.2) is 0 Å². The van der Waals surface area contributed by atoms with Gasteiger partial charge in [-0.15, -0.1) is 0 Å². The molecule has 16 heavy (non-hydrogen) atoms. The molecule has 0 unspecified atom stereocenters. The van der Waals surface area contributed by atoms with Crippen LogP contribution in [0.2, 0.25) is 0 Å². The van der Waals surface area contributed by atoms with Crippen LogP contribution < -0.4 is 5.32 Å². The van der Waals surface area contributed by atoms with Crippen molar-refractivity contribution in [2.75, 3.05) is 13.7 Å². The summed E-state index contributed by atoms with van der Waals surface area (Å²) in [5.41, 5.74) is 2.28. The molecule has 0 amide bonds. The summed E-state index contributed by atoms with van der Waals surface area (Å²) in [7, 11) is 1.67.